The lowest BCUT2D eigenvalue weighted by Gasteiger charge is -2.34. The molecular weight excluding hydrogens is 589 g/mol. The third-order valence-corrected chi connectivity index (χ3v) is 9.19. The molecular formula is C36H40FN3O4S. The second kappa shape index (κ2) is 15.0. The van der Waals surface area contributed by atoms with E-state index in [-0.39, 0.29) is 29.7 Å². The first-order chi connectivity index (χ1) is 21.4. The Hall–Kier alpha value is -4.50. The van der Waals surface area contributed by atoms with E-state index < -0.39 is 34.3 Å². The van der Waals surface area contributed by atoms with Crippen molar-refractivity contribution in [2.45, 2.75) is 51.6 Å². The van der Waals surface area contributed by atoms with E-state index in [2.05, 4.69) is 5.32 Å². The van der Waals surface area contributed by atoms with Crippen LogP contribution in [-0.4, -0.2) is 44.3 Å². The van der Waals surface area contributed by atoms with Crippen molar-refractivity contribution in [1.29, 1.82) is 0 Å². The van der Waals surface area contributed by atoms with Gasteiger partial charge in [0.05, 0.1) is 10.6 Å². The molecule has 7 nitrogen and oxygen atoms in total. The van der Waals surface area contributed by atoms with Gasteiger partial charge in [-0.1, -0.05) is 86.1 Å². The van der Waals surface area contributed by atoms with Crippen LogP contribution in [0.1, 0.15) is 36.1 Å². The second-order valence-electron chi connectivity index (χ2n) is 11.7. The number of hydrogen-bond donors (Lipinski definition) is 1. The average Bonchev–Trinajstić information content (AvgIpc) is 3.01. The number of hydrogen-bond acceptors (Lipinski definition) is 4. The number of carbonyl (C=O) groups is 2. The molecule has 4 rings (SSSR count). The van der Waals surface area contributed by atoms with Crippen LogP contribution in [0.15, 0.2) is 108 Å². The minimum Gasteiger partial charge on any atom is -0.354 e. The van der Waals surface area contributed by atoms with Crippen molar-refractivity contribution in [1.82, 2.24) is 10.2 Å². The molecule has 0 unspecified atom stereocenters. The molecule has 0 radical (unpaired) electrons. The predicted octanol–water partition coefficient (Wildman–Crippen LogP) is 6.05. The van der Waals surface area contributed by atoms with Crippen LogP contribution in [0.5, 0.6) is 0 Å². The quantitative estimate of drug-likeness (QED) is 0.195. The van der Waals surface area contributed by atoms with Gasteiger partial charge in [-0.3, -0.25) is 13.9 Å². The first kappa shape index (κ1) is 33.4. The highest BCUT2D eigenvalue weighted by atomic mass is 32.2. The Kier molecular flexibility index (Phi) is 11.1. The smallest absolute Gasteiger partial charge is 0.264 e. The van der Waals surface area contributed by atoms with Gasteiger partial charge in [0.25, 0.3) is 10.0 Å². The van der Waals surface area contributed by atoms with E-state index in [0.29, 0.717) is 17.8 Å². The van der Waals surface area contributed by atoms with Crippen LogP contribution in [0.2, 0.25) is 0 Å². The van der Waals surface area contributed by atoms with Crippen LogP contribution in [0.4, 0.5) is 10.1 Å². The Bertz CT molecular complexity index is 1690. The number of aryl methyl sites for hydroxylation is 2. The van der Waals surface area contributed by atoms with Crippen molar-refractivity contribution in [3.63, 3.8) is 0 Å². The molecule has 1 atom stereocenters. The van der Waals surface area contributed by atoms with Gasteiger partial charge in [-0.25, -0.2) is 12.8 Å². The maximum absolute atomic E-state index is 14.5. The molecule has 0 saturated heterocycles. The average molecular weight is 630 g/mol. The maximum atomic E-state index is 14.5. The van der Waals surface area contributed by atoms with Crippen LogP contribution in [0.25, 0.3) is 0 Å². The first-order valence-electron chi connectivity index (χ1n) is 15.0. The third-order valence-electron chi connectivity index (χ3n) is 7.40. The molecule has 0 heterocycles. The summed E-state index contributed by atoms with van der Waals surface area (Å²) in [6.07, 6.45) is 0.201. The van der Waals surface area contributed by atoms with E-state index in [0.717, 1.165) is 21.0 Å². The molecule has 0 aromatic heterocycles. The highest BCUT2D eigenvalue weighted by Gasteiger charge is 2.34. The summed E-state index contributed by atoms with van der Waals surface area (Å²) in [6, 6.07) is 27.5. The van der Waals surface area contributed by atoms with E-state index in [9.17, 15) is 22.4 Å². The van der Waals surface area contributed by atoms with Crippen molar-refractivity contribution in [2.75, 3.05) is 17.4 Å². The van der Waals surface area contributed by atoms with Crippen molar-refractivity contribution >= 4 is 27.5 Å². The highest BCUT2D eigenvalue weighted by Crippen LogP contribution is 2.26. The molecule has 0 saturated carbocycles. The number of nitrogens with zero attached hydrogens (tertiary/aromatic N) is 2. The fourth-order valence-corrected chi connectivity index (χ4v) is 6.32. The minimum atomic E-state index is -4.19. The summed E-state index contributed by atoms with van der Waals surface area (Å²) in [5.41, 5.74) is 3.48. The van der Waals surface area contributed by atoms with E-state index in [1.54, 1.807) is 42.5 Å². The zero-order chi connectivity index (χ0) is 32.6. The number of sulfonamides is 1. The van der Waals surface area contributed by atoms with Gasteiger partial charge in [0.15, 0.2) is 0 Å². The summed E-state index contributed by atoms with van der Waals surface area (Å²) < 4.78 is 43.1. The van der Waals surface area contributed by atoms with E-state index in [1.165, 1.54) is 29.2 Å². The Morgan fingerprint density at radius 2 is 1.47 bits per heavy atom. The van der Waals surface area contributed by atoms with Gasteiger partial charge in [-0.05, 0) is 72.9 Å². The fourth-order valence-electron chi connectivity index (χ4n) is 4.91. The number of carbonyl (C=O) groups excluding carboxylic acids is 2. The molecule has 4 aromatic carbocycles. The summed E-state index contributed by atoms with van der Waals surface area (Å²) >= 11 is 0. The highest BCUT2D eigenvalue weighted by molar-refractivity contribution is 7.92. The van der Waals surface area contributed by atoms with Gasteiger partial charge in [0.1, 0.15) is 18.4 Å². The normalized spacial score (nSPS) is 12.0. The molecule has 236 valence electrons. The van der Waals surface area contributed by atoms with E-state index in [4.69, 9.17) is 0 Å². The summed E-state index contributed by atoms with van der Waals surface area (Å²) in [7, 11) is -4.19. The Morgan fingerprint density at radius 3 is 2.09 bits per heavy atom. The van der Waals surface area contributed by atoms with Gasteiger partial charge in [-0.15, -0.1) is 0 Å². The first-order valence-corrected chi connectivity index (χ1v) is 16.4. The SMILES string of the molecule is Cc1ccc(S(=O)(=O)N(CC(=O)N(Cc2ccc(F)cc2)[C@H](Cc2ccccc2)C(=O)NCC(C)C)c2cccc(C)c2)cc1. The number of rotatable bonds is 13. The number of anilines is 1. The summed E-state index contributed by atoms with van der Waals surface area (Å²) in [5.74, 6) is -1.19. The van der Waals surface area contributed by atoms with Crippen molar-refractivity contribution in [2.24, 2.45) is 5.92 Å². The fraction of sp³-hybridized carbons (Fsp3) is 0.278. The molecule has 2 amide bonds. The molecule has 9 heteroatoms. The van der Waals surface area contributed by atoms with Crippen molar-refractivity contribution < 1.29 is 22.4 Å². The predicted molar refractivity (Wildman–Crippen MR) is 176 cm³/mol. The second-order valence-corrected chi connectivity index (χ2v) is 13.5. The molecule has 4 aromatic rings. The summed E-state index contributed by atoms with van der Waals surface area (Å²) in [6.45, 7) is 7.48. The zero-order valence-corrected chi connectivity index (χ0v) is 26.9. The largest absolute Gasteiger partial charge is 0.354 e. The van der Waals surface area contributed by atoms with Crippen LogP contribution in [0.3, 0.4) is 0 Å². The van der Waals surface area contributed by atoms with Crippen LogP contribution in [-0.2, 0) is 32.6 Å². The monoisotopic (exact) mass is 629 g/mol. The maximum Gasteiger partial charge on any atom is 0.264 e. The van der Waals surface area contributed by atoms with Gasteiger partial charge >= 0.3 is 0 Å². The van der Waals surface area contributed by atoms with Crippen molar-refractivity contribution in [3.05, 3.63) is 131 Å². The van der Waals surface area contributed by atoms with Gasteiger partial charge in [0.2, 0.25) is 11.8 Å². The standard InChI is InChI=1S/C36H40FN3O4S/c1-26(2)23-38-36(42)34(22-29-10-6-5-7-11-29)39(24-30-15-17-31(37)18-16-30)35(41)25-40(32-12-8-9-28(4)21-32)45(43,44)33-19-13-27(3)14-20-33/h5-21,26,34H,22-25H2,1-4H3,(H,38,42)/t34-/m1/s1. The third kappa shape index (κ3) is 9.01. The molecule has 0 aliphatic rings. The van der Waals surface area contributed by atoms with Gasteiger partial charge in [0, 0.05) is 19.5 Å². The summed E-state index contributed by atoms with van der Waals surface area (Å²) in [5, 5.41) is 2.96. The Balaban J connectivity index is 1.79. The van der Waals surface area contributed by atoms with Crippen LogP contribution >= 0.6 is 0 Å². The molecule has 0 fully saturated rings. The Labute approximate surface area is 265 Å². The number of nitrogens with one attached hydrogen (secondary N) is 1. The zero-order valence-electron chi connectivity index (χ0n) is 26.1. The Morgan fingerprint density at radius 1 is 0.800 bits per heavy atom. The lowest BCUT2D eigenvalue weighted by atomic mass is 10.0. The number of benzene rings is 4. The molecule has 0 aliphatic carbocycles. The molecule has 0 spiro atoms. The molecule has 0 aliphatic heterocycles. The number of amides is 2. The van der Waals surface area contributed by atoms with Gasteiger partial charge < -0.3 is 10.2 Å². The minimum absolute atomic E-state index is 0.0298. The molecule has 1 N–H and O–H groups in total. The molecule has 45 heavy (non-hydrogen) atoms. The van der Waals surface area contributed by atoms with Crippen molar-refractivity contribution in [3.8, 4) is 0 Å². The lowest BCUT2D eigenvalue weighted by molar-refractivity contribution is -0.140. The van der Waals surface area contributed by atoms with Gasteiger partial charge in [-0.2, -0.15) is 0 Å². The van der Waals surface area contributed by atoms with E-state index in [1.807, 2.05) is 64.1 Å². The van der Waals surface area contributed by atoms with Crippen LogP contribution < -0.4 is 9.62 Å². The number of halogens is 1. The molecule has 0 bridgehead atoms. The summed E-state index contributed by atoms with van der Waals surface area (Å²) in [4.78, 5) is 29.7. The van der Waals surface area contributed by atoms with E-state index >= 15 is 0 Å². The topological polar surface area (TPSA) is 86.8 Å². The lowest BCUT2D eigenvalue weighted by Crippen LogP contribution is -2.53. The van der Waals surface area contributed by atoms with Crippen LogP contribution in [0, 0.1) is 25.6 Å².